The van der Waals surface area contributed by atoms with Gasteiger partial charge in [0.2, 0.25) is 5.91 Å². The number of benzene rings is 2. The highest BCUT2D eigenvalue weighted by molar-refractivity contribution is 7.87. The Morgan fingerprint density at radius 1 is 0.953 bits per heavy atom. The molecule has 1 fully saturated rings. The van der Waals surface area contributed by atoms with E-state index in [0.717, 1.165) is 63.5 Å². The van der Waals surface area contributed by atoms with Crippen LogP contribution >= 0.6 is 0 Å². The summed E-state index contributed by atoms with van der Waals surface area (Å²) >= 11 is 0. The number of hydrogen-bond donors (Lipinski definition) is 1. The van der Waals surface area contributed by atoms with E-state index in [9.17, 15) is 18.0 Å². The molecule has 43 heavy (non-hydrogen) atoms. The van der Waals surface area contributed by atoms with Crippen molar-refractivity contribution in [1.82, 2.24) is 18.5 Å². The van der Waals surface area contributed by atoms with Crippen LogP contribution in [-0.4, -0.2) is 81.5 Å². The van der Waals surface area contributed by atoms with Gasteiger partial charge >= 0.3 is 10.2 Å². The van der Waals surface area contributed by atoms with Gasteiger partial charge in [-0.2, -0.15) is 12.7 Å². The molecule has 6 rings (SSSR count). The van der Waals surface area contributed by atoms with Gasteiger partial charge in [-0.1, -0.05) is 25.3 Å². The molecule has 3 aliphatic rings. The molecule has 2 aromatic carbocycles. The lowest BCUT2D eigenvalue weighted by atomic mass is 9.81. The molecule has 3 aromatic rings. The topological polar surface area (TPSA) is 110 Å². The fraction of sp³-hybridized carbons (Fsp3) is 0.500. The zero-order chi connectivity index (χ0) is 30.3. The zero-order valence-electron chi connectivity index (χ0n) is 25.1. The van der Waals surface area contributed by atoms with Gasteiger partial charge in [0.25, 0.3) is 5.91 Å². The van der Waals surface area contributed by atoms with E-state index in [1.165, 1.54) is 19.0 Å². The number of hydrogen-bond acceptors (Lipinski definition) is 6. The Morgan fingerprint density at radius 2 is 1.72 bits per heavy atom. The molecule has 10 nitrogen and oxygen atoms in total. The second kappa shape index (κ2) is 11.9. The molecule has 2 amide bonds. The van der Waals surface area contributed by atoms with E-state index in [-0.39, 0.29) is 37.1 Å². The van der Waals surface area contributed by atoms with E-state index in [2.05, 4.69) is 15.4 Å². The van der Waals surface area contributed by atoms with Gasteiger partial charge in [0, 0.05) is 55.8 Å². The van der Waals surface area contributed by atoms with Crippen LogP contribution in [0.4, 0.5) is 0 Å². The maximum absolute atomic E-state index is 14.0. The van der Waals surface area contributed by atoms with E-state index in [1.807, 2.05) is 18.2 Å². The number of likely N-dealkylation sites (N-methyl/N-ethyl adjacent to an activating group) is 2. The molecule has 2 aliphatic heterocycles. The fourth-order valence-corrected chi connectivity index (χ4v) is 7.73. The molecule has 1 aromatic heterocycles. The molecule has 230 valence electrons. The van der Waals surface area contributed by atoms with Crippen molar-refractivity contribution in [1.29, 1.82) is 0 Å². The number of nitrogens with zero attached hydrogens (tertiary/aromatic N) is 3. The summed E-state index contributed by atoms with van der Waals surface area (Å²) in [5.74, 6) is 0.0619. The van der Waals surface area contributed by atoms with Crippen molar-refractivity contribution in [2.75, 3.05) is 47.5 Å². The summed E-state index contributed by atoms with van der Waals surface area (Å²) in [5, 5.41) is 1.05. The van der Waals surface area contributed by atoms with Gasteiger partial charge in [0.1, 0.15) is 5.75 Å². The quantitative estimate of drug-likeness (QED) is 0.472. The monoisotopic (exact) mass is 608 g/mol. The number of nitrogens with one attached hydrogen (secondary N) is 1. The van der Waals surface area contributed by atoms with Crippen LogP contribution in [0.3, 0.4) is 0 Å². The smallest absolute Gasteiger partial charge is 0.303 e. The zero-order valence-corrected chi connectivity index (χ0v) is 25.9. The van der Waals surface area contributed by atoms with Crippen molar-refractivity contribution < 1.29 is 27.5 Å². The number of methoxy groups -OCH3 is 1. The van der Waals surface area contributed by atoms with E-state index in [0.29, 0.717) is 25.4 Å². The lowest BCUT2D eigenvalue weighted by Gasteiger charge is -2.24. The van der Waals surface area contributed by atoms with Crippen LogP contribution in [0.5, 0.6) is 5.75 Å². The summed E-state index contributed by atoms with van der Waals surface area (Å²) in [6.45, 7) is 1.29. The van der Waals surface area contributed by atoms with Gasteiger partial charge in [0.15, 0.2) is 0 Å². The van der Waals surface area contributed by atoms with Crippen molar-refractivity contribution >= 4 is 32.9 Å². The molecule has 11 heteroatoms. The number of ether oxygens (including phenoxy) is 2. The van der Waals surface area contributed by atoms with Crippen LogP contribution in [-0.2, 0) is 32.7 Å². The molecule has 1 aliphatic carbocycles. The molecule has 4 bridgehead atoms. The Morgan fingerprint density at radius 3 is 2.49 bits per heavy atom. The second-order valence-electron chi connectivity index (χ2n) is 12.0. The SMILES string of the molecule is COc1ccc2c(c1)C[C@@H]1Cn3c-2c(C2CCCCC2)c2ccc(cc23)C(=O)NS(=O)(=O)N(C)CCOCCN(C)C1=O. The molecular formula is C32H40N4O6S. The number of carbonyl (C=O) groups excluding carboxylic acids is 2. The Bertz CT molecular complexity index is 1660. The first kappa shape index (κ1) is 29.7. The van der Waals surface area contributed by atoms with Crippen molar-refractivity contribution in [3.05, 3.63) is 53.1 Å². The standard InChI is InChI=1S/C32H40N4O6S/c1-34-13-15-42-16-14-35(2)43(39,40)33-31(37)22-9-11-27-28(19-22)36-20-24(32(34)38)17-23-18-25(41-3)10-12-26(23)30(36)29(27)21-7-5-4-6-8-21/h9-12,18-19,21,24H,4-8,13-17,20H2,1-3H3,(H,33,37)/t24-/m1/s1. The summed E-state index contributed by atoms with van der Waals surface area (Å²) in [7, 11) is 0.769. The van der Waals surface area contributed by atoms with Gasteiger partial charge < -0.3 is 18.9 Å². The third kappa shape index (κ3) is 5.65. The summed E-state index contributed by atoms with van der Waals surface area (Å²) in [4.78, 5) is 29.0. The molecule has 3 heterocycles. The average Bonchev–Trinajstić information content (AvgIpc) is 3.22. The Labute approximate surface area is 253 Å². The Kier molecular flexibility index (Phi) is 8.23. The summed E-state index contributed by atoms with van der Waals surface area (Å²) < 4.78 is 42.7. The molecule has 0 unspecified atom stereocenters. The van der Waals surface area contributed by atoms with Crippen LogP contribution in [0.1, 0.15) is 59.5 Å². The van der Waals surface area contributed by atoms with Crippen molar-refractivity contribution in [2.45, 2.75) is 51.0 Å². The highest BCUT2D eigenvalue weighted by atomic mass is 32.2. The van der Waals surface area contributed by atoms with E-state index < -0.39 is 16.1 Å². The number of fused-ring (bicyclic) bond motifs is 4. The van der Waals surface area contributed by atoms with Crippen LogP contribution in [0.2, 0.25) is 0 Å². The lowest BCUT2D eigenvalue weighted by molar-refractivity contribution is -0.135. The first-order valence-corrected chi connectivity index (χ1v) is 16.6. The third-order valence-corrected chi connectivity index (χ3v) is 10.7. The number of amides is 2. The van der Waals surface area contributed by atoms with Crippen molar-refractivity contribution in [3.63, 3.8) is 0 Å². The summed E-state index contributed by atoms with van der Waals surface area (Å²) in [6.07, 6.45) is 6.24. The van der Waals surface area contributed by atoms with Crippen LogP contribution in [0, 0.1) is 5.92 Å². The van der Waals surface area contributed by atoms with Crippen LogP contribution in [0.15, 0.2) is 36.4 Å². The van der Waals surface area contributed by atoms with Gasteiger partial charge in [-0.25, -0.2) is 4.72 Å². The molecule has 0 saturated heterocycles. The van der Waals surface area contributed by atoms with Crippen LogP contribution in [0.25, 0.3) is 22.2 Å². The maximum atomic E-state index is 14.0. The number of carbonyl (C=O) groups is 2. The normalized spacial score (nSPS) is 22.3. The molecular weight excluding hydrogens is 568 g/mol. The van der Waals surface area contributed by atoms with E-state index in [1.54, 1.807) is 31.2 Å². The fourth-order valence-electron chi connectivity index (χ4n) is 6.91. The molecule has 0 spiro atoms. The average molecular weight is 609 g/mol. The predicted octanol–water partition coefficient (Wildman–Crippen LogP) is 3.93. The second-order valence-corrected chi connectivity index (χ2v) is 13.8. The molecule has 1 saturated carbocycles. The predicted molar refractivity (Wildman–Crippen MR) is 164 cm³/mol. The highest BCUT2D eigenvalue weighted by Crippen LogP contribution is 2.47. The highest BCUT2D eigenvalue weighted by Gasteiger charge is 2.34. The van der Waals surface area contributed by atoms with E-state index >= 15 is 0 Å². The minimum absolute atomic E-state index is 0.0178. The lowest BCUT2D eigenvalue weighted by Crippen LogP contribution is -2.43. The van der Waals surface area contributed by atoms with E-state index in [4.69, 9.17) is 9.47 Å². The van der Waals surface area contributed by atoms with Gasteiger partial charge in [-0.3, -0.25) is 9.59 Å². The minimum atomic E-state index is -4.08. The van der Waals surface area contributed by atoms with Crippen molar-refractivity contribution in [2.24, 2.45) is 5.92 Å². The summed E-state index contributed by atoms with van der Waals surface area (Å²) in [5.41, 5.74) is 5.56. The Balaban J connectivity index is 1.59. The molecule has 0 radical (unpaired) electrons. The van der Waals surface area contributed by atoms with Gasteiger partial charge in [-0.15, -0.1) is 0 Å². The van der Waals surface area contributed by atoms with Crippen molar-refractivity contribution in [3.8, 4) is 17.0 Å². The minimum Gasteiger partial charge on any atom is -0.497 e. The molecule has 1 N–H and O–H groups in total. The van der Waals surface area contributed by atoms with Crippen LogP contribution < -0.4 is 9.46 Å². The first-order valence-electron chi connectivity index (χ1n) is 15.1. The molecule has 1 atom stereocenters. The Hall–Kier alpha value is -3.41. The third-order valence-electron chi connectivity index (χ3n) is 9.30. The number of aromatic nitrogens is 1. The van der Waals surface area contributed by atoms with Gasteiger partial charge in [0.05, 0.1) is 31.9 Å². The maximum Gasteiger partial charge on any atom is 0.303 e. The summed E-state index contributed by atoms with van der Waals surface area (Å²) in [6, 6.07) is 11.6. The number of rotatable bonds is 2. The first-order chi connectivity index (χ1) is 20.7. The van der Waals surface area contributed by atoms with Gasteiger partial charge in [-0.05, 0) is 66.6 Å². The largest absolute Gasteiger partial charge is 0.497 e.